The van der Waals surface area contributed by atoms with E-state index in [-0.39, 0.29) is 5.69 Å². The van der Waals surface area contributed by atoms with Gasteiger partial charge in [0.2, 0.25) is 0 Å². The van der Waals surface area contributed by atoms with Crippen LogP contribution in [0.5, 0.6) is 11.5 Å². The average Bonchev–Trinajstić information content (AvgIpc) is 3.17. The zero-order chi connectivity index (χ0) is 22.5. The van der Waals surface area contributed by atoms with Crippen LogP contribution in [0.15, 0.2) is 90.0 Å². The van der Waals surface area contributed by atoms with Crippen LogP contribution < -0.4 is 21.5 Å². The fraction of sp³-hybridized carbons (Fsp3) is 0.160. The first-order valence-electron chi connectivity index (χ1n) is 10.5. The van der Waals surface area contributed by atoms with Crippen LogP contribution in [0.2, 0.25) is 0 Å². The van der Waals surface area contributed by atoms with Crippen molar-refractivity contribution in [2.75, 3.05) is 32.9 Å². The Morgan fingerprint density at radius 3 is 2.16 bits per heavy atom. The van der Waals surface area contributed by atoms with E-state index in [9.17, 15) is 4.79 Å². The summed E-state index contributed by atoms with van der Waals surface area (Å²) in [5.41, 5.74) is 9.22. The molecule has 4 aromatic rings. The molecule has 0 saturated heterocycles. The molecular weight excluding hydrogens is 402 g/mol. The number of anilines is 1. The summed E-state index contributed by atoms with van der Waals surface area (Å²) in [7, 11) is 4.09. The maximum atomic E-state index is 13.0. The molecule has 1 heterocycles. The highest BCUT2D eigenvalue weighted by molar-refractivity contribution is 5.62. The number of imidazole rings is 1. The summed E-state index contributed by atoms with van der Waals surface area (Å²) < 4.78 is 9.02. The molecule has 0 aliphatic carbocycles. The van der Waals surface area contributed by atoms with Crippen LogP contribution in [0.1, 0.15) is 0 Å². The number of hydrogen-bond acceptors (Lipinski definition) is 4. The van der Waals surface area contributed by atoms with Crippen molar-refractivity contribution in [1.82, 2.24) is 14.0 Å². The molecule has 0 aliphatic heterocycles. The molecule has 0 bridgehead atoms. The van der Waals surface area contributed by atoms with Gasteiger partial charge < -0.3 is 20.7 Å². The van der Waals surface area contributed by atoms with Crippen LogP contribution in [0.3, 0.4) is 0 Å². The Labute approximate surface area is 187 Å². The molecule has 0 spiro atoms. The molecule has 7 nitrogen and oxygen atoms in total. The first-order chi connectivity index (χ1) is 15.5. The van der Waals surface area contributed by atoms with Gasteiger partial charge in [0.1, 0.15) is 11.5 Å². The SMILES string of the molecule is CN(C)CC[NH2+]c1ccc(-n2ccn(-c3ccc(Oc4ccccc4)cc3)c2=O)cc1N. The second-order valence-electron chi connectivity index (χ2n) is 7.84. The molecule has 0 radical (unpaired) electrons. The van der Waals surface area contributed by atoms with Gasteiger partial charge in [-0.3, -0.25) is 9.13 Å². The highest BCUT2D eigenvalue weighted by Crippen LogP contribution is 2.22. The van der Waals surface area contributed by atoms with Crippen molar-refractivity contribution in [2.45, 2.75) is 0 Å². The molecular formula is C25H28N5O2+. The van der Waals surface area contributed by atoms with E-state index >= 15 is 0 Å². The zero-order valence-electron chi connectivity index (χ0n) is 18.3. The summed E-state index contributed by atoms with van der Waals surface area (Å²) in [6.07, 6.45) is 3.50. The average molecular weight is 431 g/mol. The number of benzene rings is 3. The van der Waals surface area contributed by atoms with Crippen molar-refractivity contribution in [3.05, 3.63) is 95.7 Å². The summed E-state index contributed by atoms with van der Waals surface area (Å²) in [6.45, 7) is 1.87. The third-order valence-corrected chi connectivity index (χ3v) is 5.16. The molecule has 0 aliphatic rings. The first-order valence-corrected chi connectivity index (χ1v) is 10.5. The van der Waals surface area contributed by atoms with Gasteiger partial charge in [0.25, 0.3) is 0 Å². The molecule has 3 aromatic carbocycles. The van der Waals surface area contributed by atoms with Gasteiger partial charge in [-0.05, 0) is 62.6 Å². The molecule has 4 rings (SSSR count). The third kappa shape index (κ3) is 4.91. The number of rotatable bonds is 8. The van der Waals surface area contributed by atoms with Gasteiger partial charge in [0.05, 0.1) is 23.6 Å². The smallest absolute Gasteiger partial charge is 0.337 e. The molecule has 7 heteroatoms. The summed E-state index contributed by atoms with van der Waals surface area (Å²) in [5.74, 6) is 1.48. The number of nitrogens with zero attached hydrogens (tertiary/aromatic N) is 3. The predicted octanol–water partition coefficient (Wildman–Crippen LogP) is 2.76. The Hall–Kier alpha value is -3.81. The Morgan fingerprint density at radius 2 is 1.50 bits per heavy atom. The van der Waals surface area contributed by atoms with E-state index in [1.807, 2.05) is 86.9 Å². The molecule has 0 saturated carbocycles. The number of nitrogen functional groups attached to an aromatic ring is 1. The molecule has 0 fully saturated rings. The first kappa shape index (κ1) is 21.4. The normalized spacial score (nSPS) is 11.1. The Morgan fingerprint density at radius 1 is 0.875 bits per heavy atom. The minimum Gasteiger partial charge on any atom is -0.457 e. The standard InChI is InChI=1S/C25H27N5O2/c1-28(2)15-14-27-24-13-10-20(18-23(24)26)30-17-16-29(25(30)31)19-8-11-22(12-9-19)32-21-6-4-3-5-7-21/h3-13,16-18,27H,14-15,26H2,1-2H3/p+1. The van der Waals surface area contributed by atoms with E-state index in [0.717, 1.165) is 35.9 Å². The molecule has 1 aromatic heterocycles. The number of quaternary nitrogens is 1. The Balaban J connectivity index is 1.51. The molecule has 0 atom stereocenters. The van der Waals surface area contributed by atoms with Crippen molar-refractivity contribution in [2.24, 2.45) is 0 Å². The van der Waals surface area contributed by atoms with E-state index in [0.29, 0.717) is 11.4 Å². The quantitative estimate of drug-likeness (QED) is 0.421. The Bertz CT molecular complexity index is 1230. The fourth-order valence-corrected chi connectivity index (χ4v) is 3.45. The van der Waals surface area contributed by atoms with Crippen LogP contribution in [0.25, 0.3) is 11.4 Å². The van der Waals surface area contributed by atoms with Crippen molar-refractivity contribution < 1.29 is 10.1 Å². The summed E-state index contributed by atoms with van der Waals surface area (Å²) in [4.78, 5) is 15.2. The largest absolute Gasteiger partial charge is 0.457 e. The lowest BCUT2D eigenvalue weighted by atomic mass is 10.2. The number of para-hydroxylation sites is 1. The Kier molecular flexibility index (Phi) is 6.39. The second-order valence-corrected chi connectivity index (χ2v) is 7.84. The van der Waals surface area contributed by atoms with E-state index in [1.165, 1.54) is 0 Å². The van der Waals surface area contributed by atoms with Crippen molar-refractivity contribution in [3.63, 3.8) is 0 Å². The molecule has 0 amide bonds. The maximum Gasteiger partial charge on any atom is 0.337 e. The molecule has 0 unspecified atom stereocenters. The summed E-state index contributed by atoms with van der Waals surface area (Å²) in [6, 6.07) is 22.7. The molecule has 32 heavy (non-hydrogen) atoms. The van der Waals surface area contributed by atoms with E-state index in [1.54, 1.807) is 21.5 Å². The van der Waals surface area contributed by atoms with Crippen molar-refractivity contribution >= 4 is 11.4 Å². The lowest BCUT2D eigenvalue weighted by Gasteiger charge is -2.10. The summed E-state index contributed by atoms with van der Waals surface area (Å²) >= 11 is 0. The number of aromatic nitrogens is 2. The van der Waals surface area contributed by atoms with Gasteiger partial charge >= 0.3 is 5.69 Å². The van der Waals surface area contributed by atoms with Crippen LogP contribution >= 0.6 is 0 Å². The van der Waals surface area contributed by atoms with Crippen molar-refractivity contribution in [3.8, 4) is 22.9 Å². The minimum atomic E-state index is -0.162. The van der Waals surface area contributed by atoms with Crippen LogP contribution in [0, 0.1) is 0 Å². The topological polar surface area (TPSA) is 82.0 Å². The maximum absolute atomic E-state index is 13.0. The van der Waals surface area contributed by atoms with Gasteiger partial charge in [-0.25, -0.2) is 4.79 Å². The van der Waals surface area contributed by atoms with Crippen LogP contribution in [-0.2, 0) is 0 Å². The van der Waals surface area contributed by atoms with Gasteiger partial charge in [0, 0.05) is 25.0 Å². The monoisotopic (exact) mass is 430 g/mol. The number of likely N-dealkylation sites (N-methyl/N-ethyl adjacent to an activating group) is 1. The lowest BCUT2D eigenvalue weighted by Crippen LogP contribution is -2.79. The minimum absolute atomic E-state index is 0.162. The summed E-state index contributed by atoms with van der Waals surface area (Å²) in [5, 5.41) is 2.12. The van der Waals surface area contributed by atoms with E-state index < -0.39 is 0 Å². The molecule has 164 valence electrons. The highest BCUT2D eigenvalue weighted by atomic mass is 16.5. The van der Waals surface area contributed by atoms with E-state index in [2.05, 4.69) is 10.2 Å². The zero-order valence-corrected chi connectivity index (χ0v) is 18.3. The van der Waals surface area contributed by atoms with Crippen molar-refractivity contribution in [1.29, 1.82) is 0 Å². The molecule has 4 N–H and O–H groups in total. The van der Waals surface area contributed by atoms with Gasteiger partial charge in [0.15, 0.2) is 5.69 Å². The fourth-order valence-electron chi connectivity index (χ4n) is 3.45. The van der Waals surface area contributed by atoms with Gasteiger partial charge in [-0.15, -0.1) is 0 Å². The third-order valence-electron chi connectivity index (χ3n) is 5.16. The highest BCUT2D eigenvalue weighted by Gasteiger charge is 2.11. The van der Waals surface area contributed by atoms with Crippen LogP contribution in [0.4, 0.5) is 11.4 Å². The van der Waals surface area contributed by atoms with Gasteiger partial charge in [-0.2, -0.15) is 0 Å². The van der Waals surface area contributed by atoms with E-state index in [4.69, 9.17) is 10.5 Å². The van der Waals surface area contributed by atoms with Crippen LogP contribution in [-0.4, -0.2) is 41.2 Å². The van der Waals surface area contributed by atoms with Gasteiger partial charge in [-0.1, -0.05) is 18.2 Å². The number of hydrogen-bond donors (Lipinski definition) is 2. The second kappa shape index (κ2) is 9.55. The predicted molar refractivity (Wildman–Crippen MR) is 127 cm³/mol. The number of nitrogens with two attached hydrogens (primary N) is 2. The lowest BCUT2D eigenvalue weighted by molar-refractivity contribution is -0.570. The number of ether oxygens (including phenoxy) is 1.